The van der Waals surface area contributed by atoms with Gasteiger partial charge in [-0.3, -0.25) is 0 Å². The summed E-state index contributed by atoms with van der Waals surface area (Å²) in [5.74, 6) is 5.12. The zero-order chi connectivity index (χ0) is 9.68. The fourth-order valence-corrected chi connectivity index (χ4v) is 1.19. The Hall–Kier alpha value is -0.910. The molecule has 0 amide bonds. The summed E-state index contributed by atoms with van der Waals surface area (Å²) >= 11 is -1.91. The van der Waals surface area contributed by atoms with Crippen molar-refractivity contribution in [3.05, 3.63) is 29.8 Å². The molecule has 1 atom stereocenters. The van der Waals surface area contributed by atoms with Crippen LogP contribution in [0.2, 0.25) is 0 Å². The molecule has 0 fully saturated rings. The number of hydrogen-bond acceptors (Lipinski definition) is 4. The van der Waals surface area contributed by atoms with Gasteiger partial charge in [0.25, 0.3) is 0 Å². The van der Waals surface area contributed by atoms with Crippen molar-refractivity contribution in [2.75, 3.05) is 0 Å². The standard InChI is InChI=1S/C8H11NO3S/c1-2-7-3-5-8(6-4-7)11-13(10)12-9/h3-6H,2,9H2,1H3. The monoisotopic (exact) mass is 201 g/mol. The molecule has 72 valence electrons. The molecule has 1 aromatic rings. The van der Waals surface area contributed by atoms with Crippen molar-refractivity contribution in [2.24, 2.45) is 5.90 Å². The minimum Gasteiger partial charge on any atom is -0.379 e. The lowest BCUT2D eigenvalue weighted by Gasteiger charge is -2.01. The first-order valence-electron chi connectivity index (χ1n) is 3.82. The van der Waals surface area contributed by atoms with Gasteiger partial charge in [0.05, 0.1) is 0 Å². The topological polar surface area (TPSA) is 61.5 Å². The predicted octanol–water partition coefficient (Wildman–Crippen LogP) is 1.10. The minimum absolute atomic E-state index is 0.473. The third-order valence-corrected chi connectivity index (χ3v) is 2.06. The molecule has 5 heteroatoms. The lowest BCUT2D eigenvalue weighted by atomic mass is 10.2. The van der Waals surface area contributed by atoms with E-state index in [1.807, 2.05) is 12.1 Å². The summed E-state index contributed by atoms with van der Waals surface area (Å²) in [6.45, 7) is 2.05. The van der Waals surface area contributed by atoms with Crippen LogP contribution >= 0.6 is 0 Å². The van der Waals surface area contributed by atoms with Gasteiger partial charge < -0.3 is 4.18 Å². The number of aryl methyl sites for hydroxylation is 1. The second-order valence-corrected chi connectivity index (χ2v) is 3.15. The van der Waals surface area contributed by atoms with Gasteiger partial charge in [0.2, 0.25) is 0 Å². The quantitative estimate of drug-likeness (QED) is 0.741. The molecule has 0 radical (unpaired) electrons. The van der Waals surface area contributed by atoms with Gasteiger partial charge in [-0.25, -0.2) is 0 Å². The highest BCUT2D eigenvalue weighted by molar-refractivity contribution is 7.75. The van der Waals surface area contributed by atoms with Crippen molar-refractivity contribution in [1.82, 2.24) is 0 Å². The average Bonchev–Trinajstić information content (AvgIpc) is 2.19. The van der Waals surface area contributed by atoms with Gasteiger partial charge in [0, 0.05) is 0 Å². The molecule has 0 aliphatic heterocycles. The van der Waals surface area contributed by atoms with Crippen LogP contribution in [0.4, 0.5) is 0 Å². The van der Waals surface area contributed by atoms with E-state index in [-0.39, 0.29) is 0 Å². The first kappa shape index (κ1) is 10.2. The fourth-order valence-electron chi connectivity index (χ4n) is 0.879. The van der Waals surface area contributed by atoms with Crippen LogP contribution in [-0.4, -0.2) is 4.21 Å². The molecule has 0 heterocycles. The van der Waals surface area contributed by atoms with E-state index in [1.165, 1.54) is 5.56 Å². The Kier molecular flexibility index (Phi) is 3.88. The Labute approximate surface area is 79.5 Å². The molecule has 0 aliphatic carbocycles. The summed E-state index contributed by atoms with van der Waals surface area (Å²) in [5.41, 5.74) is 1.19. The van der Waals surface area contributed by atoms with E-state index in [9.17, 15) is 4.21 Å². The SMILES string of the molecule is CCc1ccc(OS(=O)ON)cc1. The van der Waals surface area contributed by atoms with Crippen LogP contribution < -0.4 is 10.1 Å². The molecule has 1 aromatic carbocycles. The summed E-state index contributed by atoms with van der Waals surface area (Å²) in [5, 5.41) is 0. The van der Waals surface area contributed by atoms with Gasteiger partial charge in [-0.15, -0.1) is 0 Å². The molecule has 0 aliphatic rings. The Morgan fingerprint density at radius 2 is 2.00 bits per heavy atom. The third kappa shape index (κ3) is 3.14. The van der Waals surface area contributed by atoms with Gasteiger partial charge in [-0.2, -0.15) is 14.4 Å². The summed E-state index contributed by atoms with van der Waals surface area (Å²) in [4.78, 5) is 0. The van der Waals surface area contributed by atoms with Gasteiger partial charge in [0.15, 0.2) is 0 Å². The van der Waals surface area contributed by atoms with Crippen LogP contribution in [0.1, 0.15) is 12.5 Å². The van der Waals surface area contributed by atoms with Crippen molar-refractivity contribution in [3.8, 4) is 5.75 Å². The zero-order valence-electron chi connectivity index (χ0n) is 7.23. The first-order chi connectivity index (χ1) is 6.26. The Morgan fingerprint density at radius 1 is 1.38 bits per heavy atom. The maximum Gasteiger partial charge on any atom is 0.377 e. The summed E-state index contributed by atoms with van der Waals surface area (Å²) in [6.07, 6.45) is 0.955. The van der Waals surface area contributed by atoms with E-state index in [0.29, 0.717) is 5.75 Å². The molecular formula is C8H11NO3S. The highest BCUT2D eigenvalue weighted by Gasteiger charge is 2.00. The number of nitrogens with two attached hydrogens (primary N) is 1. The first-order valence-corrected chi connectivity index (χ1v) is 4.82. The van der Waals surface area contributed by atoms with E-state index < -0.39 is 11.4 Å². The lowest BCUT2D eigenvalue weighted by Crippen LogP contribution is -2.09. The van der Waals surface area contributed by atoms with Crippen LogP contribution in [0.25, 0.3) is 0 Å². The zero-order valence-corrected chi connectivity index (χ0v) is 8.04. The second-order valence-electron chi connectivity index (χ2n) is 2.38. The van der Waals surface area contributed by atoms with Crippen molar-refractivity contribution >= 4 is 11.4 Å². The lowest BCUT2D eigenvalue weighted by molar-refractivity contribution is 0.324. The molecule has 0 saturated heterocycles. The molecule has 0 spiro atoms. The molecule has 13 heavy (non-hydrogen) atoms. The normalized spacial score (nSPS) is 12.5. The minimum atomic E-state index is -1.91. The maximum atomic E-state index is 10.7. The average molecular weight is 201 g/mol. The molecule has 0 bridgehead atoms. The van der Waals surface area contributed by atoms with Crippen molar-refractivity contribution in [1.29, 1.82) is 0 Å². The largest absolute Gasteiger partial charge is 0.379 e. The van der Waals surface area contributed by atoms with Gasteiger partial charge in [0.1, 0.15) is 5.75 Å². The van der Waals surface area contributed by atoms with E-state index in [2.05, 4.69) is 17.1 Å². The maximum absolute atomic E-state index is 10.7. The molecule has 1 rings (SSSR count). The highest BCUT2D eigenvalue weighted by atomic mass is 32.2. The molecule has 0 saturated carbocycles. The second kappa shape index (κ2) is 4.96. The van der Waals surface area contributed by atoms with Crippen LogP contribution in [0.5, 0.6) is 5.75 Å². The summed E-state index contributed by atoms with van der Waals surface area (Å²) < 4.78 is 19.4. The summed E-state index contributed by atoms with van der Waals surface area (Å²) in [6, 6.07) is 7.22. The van der Waals surface area contributed by atoms with Crippen molar-refractivity contribution in [3.63, 3.8) is 0 Å². The van der Waals surface area contributed by atoms with E-state index in [4.69, 9.17) is 4.18 Å². The molecule has 1 unspecified atom stereocenters. The summed E-state index contributed by atoms with van der Waals surface area (Å²) in [7, 11) is 0. The van der Waals surface area contributed by atoms with Crippen LogP contribution in [0.3, 0.4) is 0 Å². The van der Waals surface area contributed by atoms with Gasteiger partial charge in [-0.1, -0.05) is 19.1 Å². The van der Waals surface area contributed by atoms with Crippen LogP contribution in [0, 0.1) is 0 Å². The Morgan fingerprint density at radius 3 is 2.46 bits per heavy atom. The van der Waals surface area contributed by atoms with Crippen molar-refractivity contribution in [2.45, 2.75) is 13.3 Å². The predicted molar refractivity (Wildman–Crippen MR) is 49.9 cm³/mol. The van der Waals surface area contributed by atoms with E-state index in [1.54, 1.807) is 12.1 Å². The molecular weight excluding hydrogens is 190 g/mol. The van der Waals surface area contributed by atoms with Gasteiger partial charge in [-0.05, 0) is 24.1 Å². The number of benzene rings is 1. The smallest absolute Gasteiger partial charge is 0.377 e. The van der Waals surface area contributed by atoms with Crippen LogP contribution in [0.15, 0.2) is 24.3 Å². The van der Waals surface area contributed by atoms with Crippen molar-refractivity contribution < 1.29 is 12.7 Å². The van der Waals surface area contributed by atoms with Crippen LogP contribution in [-0.2, 0) is 22.1 Å². The van der Waals surface area contributed by atoms with E-state index >= 15 is 0 Å². The fraction of sp³-hybridized carbons (Fsp3) is 0.250. The Bertz CT molecular complexity index is 286. The molecule has 0 aromatic heterocycles. The number of rotatable bonds is 4. The van der Waals surface area contributed by atoms with Gasteiger partial charge >= 0.3 is 11.4 Å². The van der Waals surface area contributed by atoms with E-state index in [0.717, 1.165) is 6.42 Å². The highest BCUT2D eigenvalue weighted by Crippen LogP contribution is 2.13. The molecule has 2 N–H and O–H groups in total. The number of hydrogen-bond donors (Lipinski definition) is 1. The Balaban J connectivity index is 2.64. The third-order valence-electron chi connectivity index (χ3n) is 1.57. The molecule has 4 nitrogen and oxygen atoms in total.